The van der Waals surface area contributed by atoms with Crippen LogP contribution in [-0.4, -0.2) is 20.9 Å². The fourth-order valence-corrected chi connectivity index (χ4v) is 4.84. The quantitative estimate of drug-likeness (QED) is 0.355. The number of anilines is 2. The van der Waals surface area contributed by atoms with E-state index in [-0.39, 0.29) is 4.90 Å². The largest absolute Gasteiger partial charge is 0.418 e. The second-order valence-corrected chi connectivity index (χ2v) is 9.85. The summed E-state index contributed by atoms with van der Waals surface area (Å²) in [6.45, 7) is 0.551. The number of nitrogens with one attached hydrogen (secondary N) is 1. The molecule has 5 nitrogen and oxygen atoms in total. The topological polar surface area (TPSA) is 66.5 Å². The van der Waals surface area contributed by atoms with Gasteiger partial charge in [0.2, 0.25) is 5.91 Å². The number of rotatable bonds is 6. The first-order chi connectivity index (χ1) is 16.6. The molecule has 0 saturated carbocycles. The number of carbonyl (C=O) groups excluding carboxylic acids is 1. The second-order valence-electron chi connectivity index (χ2n) is 7.58. The maximum atomic E-state index is 13.4. The van der Waals surface area contributed by atoms with Gasteiger partial charge in [-0.3, -0.25) is 9.10 Å². The van der Waals surface area contributed by atoms with E-state index in [1.165, 1.54) is 30.3 Å². The van der Waals surface area contributed by atoms with Crippen molar-refractivity contribution in [2.45, 2.75) is 24.2 Å². The standard InChI is InChI=1S/C23H17ClF6N2O3S/c1-14-6-9-16(10-7-14)36(34,35)32(15-8-11-19(24)18(12-15)23(28,29)30)13-21(33)31-20-5-3-2-4-17(20)22(25,26)27/h2-12H,13H2,1H3,(H,31,33). The Hall–Kier alpha value is -3.25. The van der Waals surface area contributed by atoms with Gasteiger partial charge in [-0.05, 0) is 49.4 Å². The van der Waals surface area contributed by atoms with Gasteiger partial charge in [0.15, 0.2) is 0 Å². The Morgan fingerprint density at radius 2 is 1.47 bits per heavy atom. The molecule has 13 heteroatoms. The molecule has 0 fully saturated rings. The summed E-state index contributed by atoms with van der Waals surface area (Å²) in [4.78, 5) is 12.4. The van der Waals surface area contributed by atoms with E-state index in [4.69, 9.17) is 11.6 Å². The molecule has 1 N–H and O–H groups in total. The molecule has 0 bridgehead atoms. The Balaban J connectivity index is 2.07. The van der Waals surface area contributed by atoms with E-state index in [9.17, 15) is 39.6 Å². The number of hydrogen-bond acceptors (Lipinski definition) is 3. The third kappa shape index (κ3) is 6.11. The molecule has 0 aliphatic carbocycles. The van der Waals surface area contributed by atoms with Crippen LogP contribution in [-0.2, 0) is 27.2 Å². The number of aryl methyl sites for hydroxylation is 1. The van der Waals surface area contributed by atoms with Crippen molar-refractivity contribution in [3.63, 3.8) is 0 Å². The van der Waals surface area contributed by atoms with Crippen LogP contribution in [0.2, 0.25) is 5.02 Å². The molecule has 3 aromatic carbocycles. The van der Waals surface area contributed by atoms with Gasteiger partial charge in [0.1, 0.15) is 6.54 Å². The zero-order valence-corrected chi connectivity index (χ0v) is 19.9. The van der Waals surface area contributed by atoms with Crippen molar-refractivity contribution in [3.8, 4) is 0 Å². The summed E-state index contributed by atoms with van der Waals surface area (Å²) in [5, 5.41) is 1.29. The number of sulfonamides is 1. The number of carbonyl (C=O) groups is 1. The summed E-state index contributed by atoms with van der Waals surface area (Å²) in [5.41, 5.74) is -3.06. The number of amides is 1. The van der Waals surface area contributed by atoms with Gasteiger partial charge in [-0.1, -0.05) is 41.4 Å². The van der Waals surface area contributed by atoms with Crippen molar-refractivity contribution in [1.29, 1.82) is 0 Å². The van der Waals surface area contributed by atoms with Gasteiger partial charge in [0, 0.05) is 0 Å². The molecule has 3 aromatic rings. The average Bonchev–Trinajstić information content (AvgIpc) is 2.77. The third-order valence-corrected chi connectivity index (χ3v) is 7.06. The monoisotopic (exact) mass is 550 g/mol. The van der Waals surface area contributed by atoms with Crippen LogP contribution in [0.3, 0.4) is 0 Å². The molecule has 0 saturated heterocycles. The van der Waals surface area contributed by atoms with Gasteiger partial charge in [-0.2, -0.15) is 26.3 Å². The highest BCUT2D eigenvalue weighted by Crippen LogP contribution is 2.38. The number of halogens is 7. The first kappa shape index (κ1) is 27.3. The van der Waals surface area contributed by atoms with Crippen LogP contribution in [0.25, 0.3) is 0 Å². The molecule has 0 aliphatic rings. The molecule has 0 atom stereocenters. The van der Waals surface area contributed by atoms with Gasteiger partial charge >= 0.3 is 12.4 Å². The van der Waals surface area contributed by atoms with Crippen LogP contribution in [0.1, 0.15) is 16.7 Å². The van der Waals surface area contributed by atoms with Crippen LogP contribution >= 0.6 is 11.6 Å². The lowest BCUT2D eigenvalue weighted by molar-refractivity contribution is -0.138. The van der Waals surface area contributed by atoms with Crippen LogP contribution in [0.4, 0.5) is 37.7 Å². The second kappa shape index (κ2) is 10.0. The summed E-state index contributed by atoms with van der Waals surface area (Å²) < 4.78 is 107. The first-order valence-electron chi connectivity index (χ1n) is 10.0. The van der Waals surface area contributed by atoms with Gasteiger partial charge in [0.25, 0.3) is 10.0 Å². The molecule has 0 heterocycles. The van der Waals surface area contributed by atoms with Gasteiger partial charge in [0.05, 0.1) is 32.4 Å². The highest BCUT2D eigenvalue weighted by Gasteiger charge is 2.36. The minimum absolute atomic E-state index is 0.347. The number of hydrogen-bond donors (Lipinski definition) is 1. The Bertz CT molecular complexity index is 1370. The number of benzene rings is 3. The van der Waals surface area contributed by atoms with Gasteiger partial charge in [-0.25, -0.2) is 8.42 Å². The van der Waals surface area contributed by atoms with E-state index in [0.717, 1.165) is 24.3 Å². The molecular formula is C23H17ClF6N2O3S. The molecule has 1 amide bonds. The summed E-state index contributed by atoms with van der Waals surface area (Å²) in [5.74, 6) is -1.22. The molecule has 0 aliphatic heterocycles. The van der Waals surface area contributed by atoms with E-state index >= 15 is 0 Å². The van der Waals surface area contributed by atoms with E-state index in [1.54, 1.807) is 6.92 Å². The third-order valence-electron chi connectivity index (χ3n) is 4.95. The van der Waals surface area contributed by atoms with Gasteiger partial charge in [-0.15, -0.1) is 0 Å². The first-order valence-corrected chi connectivity index (χ1v) is 11.8. The van der Waals surface area contributed by atoms with Gasteiger partial charge < -0.3 is 5.32 Å². The van der Waals surface area contributed by atoms with Crippen molar-refractivity contribution < 1.29 is 39.6 Å². The van der Waals surface area contributed by atoms with Crippen molar-refractivity contribution >= 4 is 38.9 Å². The summed E-state index contributed by atoms with van der Waals surface area (Å²) >= 11 is 5.63. The number of alkyl halides is 6. The zero-order valence-electron chi connectivity index (χ0n) is 18.3. The van der Waals surface area contributed by atoms with Crippen LogP contribution < -0.4 is 9.62 Å². The Morgan fingerprint density at radius 3 is 2.06 bits per heavy atom. The Kier molecular flexibility index (Phi) is 7.61. The molecular weight excluding hydrogens is 534 g/mol. The van der Waals surface area contributed by atoms with E-state index in [1.807, 2.05) is 5.32 Å². The highest BCUT2D eigenvalue weighted by atomic mass is 35.5. The Labute approximate surface area is 207 Å². The normalized spacial score (nSPS) is 12.3. The maximum Gasteiger partial charge on any atom is 0.418 e. The predicted octanol–water partition coefficient (Wildman–Crippen LogP) is 6.52. The van der Waals surface area contributed by atoms with Crippen molar-refractivity contribution in [2.24, 2.45) is 0 Å². The Morgan fingerprint density at radius 1 is 0.889 bits per heavy atom. The lowest BCUT2D eigenvalue weighted by Crippen LogP contribution is -2.38. The predicted molar refractivity (Wildman–Crippen MR) is 122 cm³/mol. The fraction of sp³-hybridized carbons (Fsp3) is 0.174. The van der Waals surface area contributed by atoms with E-state index in [0.29, 0.717) is 22.0 Å². The maximum absolute atomic E-state index is 13.4. The zero-order chi connectivity index (χ0) is 26.9. The van der Waals surface area contributed by atoms with E-state index in [2.05, 4.69) is 0 Å². The number of nitrogens with zero attached hydrogens (tertiary/aromatic N) is 1. The van der Waals surface area contributed by atoms with Crippen molar-refractivity contribution in [1.82, 2.24) is 0 Å². The highest BCUT2D eigenvalue weighted by molar-refractivity contribution is 7.92. The molecule has 36 heavy (non-hydrogen) atoms. The minimum Gasteiger partial charge on any atom is -0.324 e. The van der Waals surface area contributed by atoms with Crippen LogP contribution in [0, 0.1) is 6.92 Å². The van der Waals surface area contributed by atoms with Crippen LogP contribution in [0.15, 0.2) is 71.6 Å². The fourth-order valence-electron chi connectivity index (χ4n) is 3.20. The summed E-state index contributed by atoms with van der Waals surface area (Å²) in [7, 11) is -4.63. The molecule has 192 valence electrons. The average molecular weight is 551 g/mol. The SMILES string of the molecule is Cc1ccc(S(=O)(=O)N(CC(=O)Nc2ccccc2C(F)(F)F)c2ccc(Cl)c(C(F)(F)F)c2)cc1. The van der Waals surface area contributed by atoms with E-state index < -0.39 is 62.4 Å². The minimum atomic E-state index is -4.94. The molecule has 0 unspecified atom stereocenters. The molecule has 0 spiro atoms. The molecule has 0 radical (unpaired) electrons. The molecule has 0 aromatic heterocycles. The smallest absolute Gasteiger partial charge is 0.324 e. The van der Waals surface area contributed by atoms with Crippen LogP contribution in [0.5, 0.6) is 0 Å². The summed E-state index contributed by atoms with van der Waals surface area (Å²) in [6.07, 6.45) is -9.77. The lowest BCUT2D eigenvalue weighted by Gasteiger charge is -2.25. The molecule has 3 rings (SSSR count). The number of para-hydroxylation sites is 1. The van der Waals surface area contributed by atoms with Crippen molar-refractivity contribution in [2.75, 3.05) is 16.2 Å². The lowest BCUT2D eigenvalue weighted by atomic mass is 10.1. The van der Waals surface area contributed by atoms with Crippen molar-refractivity contribution in [3.05, 3.63) is 88.4 Å². The summed E-state index contributed by atoms with van der Waals surface area (Å²) in [6, 6.07) is 11.5.